The number of anilines is 1. The summed E-state index contributed by atoms with van der Waals surface area (Å²) in [5.41, 5.74) is 2.50. The smallest absolute Gasteiger partial charge is 0.234 e. The van der Waals surface area contributed by atoms with E-state index in [1.807, 2.05) is 34.7 Å². The molecule has 0 radical (unpaired) electrons. The van der Waals surface area contributed by atoms with E-state index in [1.54, 1.807) is 9.36 Å². The summed E-state index contributed by atoms with van der Waals surface area (Å²) >= 11 is 1.32. The van der Waals surface area contributed by atoms with Crippen molar-refractivity contribution in [1.29, 1.82) is 0 Å². The Hall–Kier alpha value is -1.90. The number of carbonyl (C=O) groups is 1. The number of hydrogen-bond donors (Lipinski definition) is 1. The maximum absolute atomic E-state index is 12.1. The minimum Gasteiger partial charge on any atom is -0.322 e. The normalized spacial score (nSPS) is 11.1. The van der Waals surface area contributed by atoms with Crippen molar-refractivity contribution in [2.75, 3.05) is 11.1 Å². The first-order chi connectivity index (χ1) is 9.90. The Morgan fingerprint density at radius 1 is 1.38 bits per heavy atom. The molecule has 0 atom stereocenters. The summed E-state index contributed by atoms with van der Waals surface area (Å²) < 4.78 is 3.44. The molecule has 9 heteroatoms. The summed E-state index contributed by atoms with van der Waals surface area (Å²) in [5, 5.41) is 19.3. The summed E-state index contributed by atoms with van der Waals surface area (Å²) in [5.74, 6) is 0.151. The van der Waals surface area contributed by atoms with Gasteiger partial charge in [0.25, 0.3) is 0 Å². The summed E-state index contributed by atoms with van der Waals surface area (Å²) in [6, 6.07) is 0.161. The Bertz CT molecular complexity index is 646. The number of tetrazole rings is 1. The second-order valence-corrected chi connectivity index (χ2v) is 5.95. The molecule has 0 aliphatic heterocycles. The molecule has 114 valence electrons. The first kappa shape index (κ1) is 15.5. The van der Waals surface area contributed by atoms with Crippen LogP contribution in [0, 0.1) is 13.8 Å². The number of amides is 1. The third kappa shape index (κ3) is 3.41. The molecule has 0 unspecified atom stereocenters. The van der Waals surface area contributed by atoms with Crippen molar-refractivity contribution in [3.63, 3.8) is 0 Å². The van der Waals surface area contributed by atoms with E-state index in [1.165, 1.54) is 11.8 Å². The van der Waals surface area contributed by atoms with Crippen molar-refractivity contribution < 1.29 is 4.79 Å². The van der Waals surface area contributed by atoms with Gasteiger partial charge in [-0.3, -0.25) is 9.48 Å². The fourth-order valence-corrected chi connectivity index (χ4v) is 2.67. The van der Waals surface area contributed by atoms with Crippen LogP contribution in [0.25, 0.3) is 0 Å². The van der Waals surface area contributed by atoms with Gasteiger partial charge in [-0.1, -0.05) is 11.8 Å². The van der Waals surface area contributed by atoms with Gasteiger partial charge in [-0.2, -0.15) is 5.10 Å². The van der Waals surface area contributed by atoms with Crippen molar-refractivity contribution in [3.8, 4) is 0 Å². The number of nitrogens with one attached hydrogen (secondary N) is 1. The van der Waals surface area contributed by atoms with Gasteiger partial charge in [0.2, 0.25) is 11.1 Å². The van der Waals surface area contributed by atoms with E-state index in [0.717, 1.165) is 17.1 Å². The minimum atomic E-state index is -0.0995. The second-order valence-electron chi connectivity index (χ2n) is 5.01. The van der Waals surface area contributed by atoms with Gasteiger partial charge in [0, 0.05) is 7.05 Å². The molecule has 2 aromatic rings. The van der Waals surface area contributed by atoms with Crippen LogP contribution in [0.4, 0.5) is 5.69 Å². The van der Waals surface area contributed by atoms with Crippen molar-refractivity contribution in [2.45, 2.75) is 38.9 Å². The molecule has 8 nitrogen and oxygen atoms in total. The zero-order valence-electron chi connectivity index (χ0n) is 12.8. The summed E-state index contributed by atoms with van der Waals surface area (Å²) in [6.07, 6.45) is 0. The molecule has 0 bridgehead atoms. The molecule has 1 amide bonds. The highest BCUT2D eigenvalue weighted by Crippen LogP contribution is 2.20. The van der Waals surface area contributed by atoms with Crippen LogP contribution < -0.4 is 5.32 Å². The first-order valence-corrected chi connectivity index (χ1v) is 7.59. The number of nitrogens with zero attached hydrogens (tertiary/aromatic N) is 6. The van der Waals surface area contributed by atoms with Crippen LogP contribution in [0.2, 0.25) is 0 Å². The fourth-order valence-electron chi connectivity index (χ4n) is 1.86. The highest BCUT2D eigenvalue weighted by atomic mass is 32.2. The van der Waals surface area contributed by atoms with E-state index in [2.05, 4.69) is 25.9 Å². The lowest BCUT2D eigenvalue weighted by Gasteiger charge is -2.08. The number of thioether (sulfide) groups is 1. The second kappa shape index (κ2) is 6.25. The number of aromatic nitrogens is 6. The Labute approximate surface area is 127 Å². The topological polar surface area (TPSA) is 90.5 Å². The van der Waals surface area contributed by atoms with E-state index in [9.17, 15) is 4.79 Å². The standard InChI is InChI=1S/C12H19N7OS/c1-7(2)19-12(14-16-17-19)21-6-10(20)13-11-8(3)15-18(5)9(11)4/h7H,6H2,1-5H3,(H,13,20). The highest BCUT2D eigenvalue weighted by Gasteiger charge is 2.15. The van der Waals surface area contributed by atoms with Gasteiger partial charge < -0.3 is 5.32 Å². The predicted octanol–water partition coefficient (Wildman–Crippen LogP) is 1.34. The third-order valence-corrected chi connectivity index (χ3v) is 3.99. The van der Waals surface area contributed by atoms with E-state index < -0.39 is 0 Å². The van der Waals surface area contributed by atoms with Crippen LogP contribution in [0.15, 0.2) is 5.16 Å². The van der Waals surface area contributed by atoms with Crippen molar-refractivity contribution >= 4 is 23.4 Å². The quantitative estimate of drug-likeness (QED) is 0.838. The van der Waals surface area contributed by atoms with E-state index in [4.69, 9.17) is 0 Å². The lowest BCUT2D eigenvalue weighted by molar-refractivity contribution is -0.113. The van der Waals surface area contributed by atoms with Crippen LogP contribution in [-0.2, 0) is 11.8 Å². The SMILES string of the molecule is Cc1nn(C)c(C)c1NC(=O)CSc1nnnn1C(C)C. The van der Waals surface area contributed by atoms with E-state index in [0.29, 0.717) is 5.16 Å². The van der Waals surface area contributed by atoms with Crippen molar-refractivity contribution in [3.05, 3.63) is 11.4 Å². The summed E-state index contributed by atoms with van der Waals surface area (Å²) in [6.45, 7) is 7.77. The molecule has 0 spiro atoms. The highest BCUT2D eigenvalue weighted by molar-refractivity contribution is 7.99. The Morgan fingerprint density at radius 3 is 2.67 bits per heavy atom. The Morgan fingerprint density at radius 2 is 2.10 bits per heavy atom. The Kier molecular flexibility index (Phi) is 4.61. The molecule has 0 aromatic carbocycles. The van der Waals surface area contributed by atoms with Crippen LogP contribution >= 0.6 is 11.8 Å². The maximum Gasteiger partial charge on any atom is 0.234 e. The molecule has 0 aliphatic carbocycles. The fraction of sp³-hybridized carbons (Fsp3) is 0.583. The molecule has 0 fully saturated rings. The van der Waals surface area contributed by atoms with Gasteiger partial charge >= 0.3 is 0 Å². The van der Waals surface area contributed by atoms with Crippen LogP contribution in [0.1, 0.15) is 31.3 Å². The van der Waals surface area contributed by atoms with Crippen LogP contribution in [0.3, 0.4) is 0 Å². The molecule has 2 rings (SSSR count). The van der Waals surface area contributed by atoms with Crippen molar-refractivity contribution in [1.82, 2.24) is 30.0 Å². The molecule has 0 aliphatic rings. The zero-order valence-corrected chi connectivity index (χ0v) is 13.6. The van der Waals surface area contributed by atoms with Gasteiger partial charge in [0.15, 0.2) is 0 Å². The van der Waals surface area contributed by atoms with Gasteiger partial charge in [-0.25, -0.2) is 4.68 Å². The van der Waals surface area contributed by atoms with Crippen LogP contribution in [0.5, 0.6) is 0 Å². The van der Waals surface area contributed by atoms with Gasteiger partial charge in [-0.15, -0.1) is 5.10 Å². The molecule has 0 saturated carbocycles. The molecular formula is C12H19N7OS. The Balaban J connectivity index is 1.98. The zero-order chi connectivity index (χ0) is 15.6. The number of hydrogen-bond acceptors (Lipinski definition) is 6. The lowest BCUT2D eigenvalue weighted by Crippen LogP contribution is -2.16. The average molecular weight is 309 g/mol. The molecule has 0 saturated heterocycles. The van der Waals surface area contributed by atoms with Crippen molar-refractivity contribution in [2.24, 2.45) is 7.05 Å². The minimum absolute atomic E-state index is 0.0995. The number of carbonyl (C=O) groups excluding carboxylic acids is 1. The molecule has 1 N–H and O–H groups in total. The maximum atomic E-state index is 12.1. The summed E-state index contributed by atoms with van der Waals surface area (Å²) in [4.78, 5) is 12.1. The van der Waals surface area contributed by atoms with Gasteiger partial charge in [0.1, 0.15) is 0 Å². The van der Waals surface area contributed by atoms with E-state index >= 15 is 0 Å². The van der Waals surface area contributed by atoms with Gasteiger partial charge in [0.05, 0.1) is 28.9 Å². The lowest BCUT2D eigenvalue weighted by atomic mass is 10.3. The molecule has 2 aromatic heterocycles. The summed E-state index contributed by atoms with van der Waals surface area (Å²) in [7, 11) is 1.85. The average Bonchev–Trinajstić information content (AvgIpc) is 2.97. The van der Waals surface area contributed by atoms with Crippen LogP contribution in [-0.4, -0.2) is 41.6 Å². The number of rotatable bonds is 5. The molecule has 21 heavy (non-hydrogen) atoms. The monoisotopic (exact) mass is 309 g/mol. The predicted molar refractivity (Wildman–Crippen MR) is 80.2 cm³/mol. The third-order valence-electron chi connectivity index (χ3n) is 3.06. The molecular weight excluding hydrogens is 290 g/mol. The first-order valence-electron chi connectivity index (χ1n) is 6.61. The number of aryl methyl sites for hydroxylation is 2. The van der Waals surface area contributed by atoms with E-state index in [-0.39, 0.29) is 17.7 Å². The largest absolute Gasteiger partial charge is 0.322 e. The van der Waals surface area contributed by atoms with Gasteiger partial charge in [-0.05, 0) is 38.1 Å². The molecule has 2 heterocycles.